The van der Waals surface area contributed by atoms with E-state index in [1.807, 2.05) is 13.8 Å². The van der Waals surface area contributed by atoms with Gasteiger partial charge in [0.2, 0.25) is 0 Å². The number of benzene rings is 1. The number of hydrogen-bond acceptors (Lipinski definition) is 4. The molecule has 1 saturated heterocycles. The molecule has 158 valence electrons. The van der Waals surface area contributed by atoms with Crippen molar-refractivity contribution in [2.45, 2.75) is 39.3 Å². The van der Waals surface area contributed by atoms with E-state index in [1.54, 1.807) is 24.5 Å². The van der Waals surface area contributed by atoms with Gasteiger partial charge in [-0.25, -0.2) is 13.8 Å². The SMILES string of the molecule is CN=C(NCC1CCN(Cc2csc(C)n2)CC1)NC(C)c1ccc(F)c(F)c1. The molecule has 2 aromatic rings. The van der Waals surface area contributed by atoms with Gasteiger partial charge in [-0.1, -0.05) is 6.07 Å². The van der Waals surface area contributed by atoms with Crippen LogP contribution in [-0.2, 0) is 6.54 Å². The Morgan fingerprint density at radius 3 is 2.69 bits per heavy atom. The highest BCUT2D eigenvalue weighted by Crippen LogP contribution is 2.20. The number of likely N-dealkylation sites (tertiary alicyclic amines) is 1. The summed E-state index contributed by atoms with van der Waals surface area (Å²) in [5.41, 5.74) is 1.84. The number of nitrogens with zero attached hydrogens (tertiary/aromatic N) is 3. The van der Waals surface area contributed by atoms with Gasteiger partial charge in [-0.05, 0) is 63.4 Å². The third kappa shape index (κ3) is 6.21. The number of nitrogens with one attached hydrogen (secondary N) is 2. The van der Waals surface area contributed by atoms with Gasteiger partial charge in [-0.2, -0.15) is 0 Å². The maximum atomic E-state index is 13.5. The number of rotatable bonds is 6. The molecule has 0 saturated carbocycles. The summed E-state index contributed by atoms with van der Waals surface area (Å²) in [6.07, 6.45) is 2.26. The standard InChI is InChI=1S/C21H29F2N5S/c1-14(17-4-5-19(22)20(23)10-17)26-21(24-3)25-11-16-6-8-28(9-7-16)12-18-13-29-15(2)27-18/h4-5,10,13-14,16H,6-9,11-12H2,1-3H3,(H2,24,25,26). The first-order valence-corrected chi connectivity index (χ1v) is 10.9. The lowest BCUT2D eigenvalue weighted by Gasteiger charge is -2.32. The van der Waals surface area contributed by atoms with E-state index >= 15 is 0 Å². The number of aliphatic imine (C=N–C) groups is 1. The van der Waals surface area contributed by atoms with E-state index in [4.69, 9.17) is 0 Å². The predicted molar refractivity (Wildman–Crippen MR) is 114 cm³/mol. The average Bonchev–Trinajstić information content (AvgIpc) is 3.12. The van der Waals surface area contributed by atoms with Crippen molar-refractivity contribution in [3.8, 4) is 0 Å². The molecule has 0 radical (unpaired) electrons. The molecule has 3 rings (SSSR count). The summed E-state index contributed by atoms with van der Waals surface area (Å²) in [5.74, 6) is -0.415. The van der Waals surface area contributed by atoms with Gasteiger partial charge in [0.25, 0.3) is 0 Å². The van der Waals surface area contributed by atoms with Gasteiger partial charge in [-0.3, -0.25) is 9.89 Å². The van der Waals surface area contributed by atoms with E-state index in [9.17, 15) is 8.78 Å². The molecule has 1 fully saturated rings. The predicted octanol–water partition coefficient (Wildman–Crippen LogP) is 3.87. The fourth-order valence-corrected chi connectivity index (χ4v) is 4.17. The number of halogens is 2. The third-order valence-electron chi connectivity index (χ3n) is 5.34. The van der Waals surface area contributed by atoms with Gasteiger partial charge in [0.1, 0.15) is 0 Å². The minimum atomic E-state index is -0.835. The van der Waals surface area contributed by atoms with Gasteiger partial charge < -0.3 is 10.6 Å². The number of thiazole rings is 1. The first kappa shape index (κ1) is 21.6. The third-order valence-corrected chi connectivity index (χ3v) is 6.16. The first-order chi connectivity index (χ1) is 13.9. The van der Waals surface area contributed by atoms with E-state index in [2.05, 4.69) is 30.9 Å². The minimum Gasteiger partial charge on any atom is -0.356 e. The Bertz CT molecular complexity index is 830. The summed E-state index contributed by atoms with van der Waals surface area (Å²) in [7, 11) is 1.71. The van der Waals surface area contributed by atoms with Crippen LogP contribution in [0.3, 0.4) is 0 Å². The number of hydrogen-bond donors (Lipinski definition) is 2. The Labute approximate surface area is 175 Å². The lowest BCUT2D eigenvalue weighted by molar-refractivity contribution is 0.176. The molecular formula is C21H29F2N5S. The molecule has 1 aliphatic heterocycles. The van der Waals surface area contributed by atoms with Crippen LogP contribution in [0, 0.1) is 24.5 Å². The van der Waals surface area contributed by atoms with Crippen molar-refractivity contribution in [1.29, 1.82) is 0 Å². The van der Waals surface area contributed by atoms with Crippen LogP contribution >= 0.6 is 11.3 Å². The molecule has 1 aromatic heterocycles. The lowest BCUT2D eigenvalue weighted by atomic mass is 9.97. The topological polar surface area (TPSA) is 52.6 Å². The normalized spacial score (nSPS) is 17.3. The van der Waals surface area contributed by atoms with Crippen molar-refractivity contribution in [2.75, 3.05) is 26.7 Å². The Balaban J connectivity index is 1.42. The van der Waals surface area contributed by atoms with Crippen LogP contribution in [0.5, 0.6) is 0 Å². The highest BCUT2D eigenvalue weighted by Gasteiger charge is 2.20. The van der Waals surface area contributed by atoms with Crippen molar-refractivity contribution >= 4 is 17.3 Å². The van der Waals surface area contributed by atoms with Crippen molar-refractivity contribution in [1.82, 2.24) is 20.5 Å². The molecule has 1 unspecified atom stereocenters. The van der Waals surface area contributed by atoms with Crippen molar-refractivity contribution in [3.05, 3.63) is 51.5 Å². The van der Waals surface area contributed by atoms with Gasteiger partial charge in [0.15, 0.2) is 17.6 Å². The van der Waals surface area contributed by atoms with E-state index < -0.39 is 11.6 Å². The van der Waals surface area contributed by atoms with E-state index in [0.29, 0.717) is 17.4 Å². The van der Waals surface area contributed by atoms with Crippen molar-refractivity contribution < 1.29 is 8.78 Å². The minimum absolute atomic E-state index is 0.181. The molecule has 0 amide bonds. The summed E-state index contributed by atoms with van der Waals surface area (Å²) in [5, 5.41) is 9.89. The van der Waals surface area contributed by atoms with Gasteiger partial charge in [-0.15, -0.1) is 11.3 Å². The van der Waals surface area contributed by atoms with Crippen molar-refractivity contribution in [3.63, 3.8) is 0 Å². The highest BCUT2D eigenvalue weighted by molar-refractivity contribution is 7.09. The maximum absolute atomic E-state index is 13.5. The molecule has 0 spiro atoms. The summed E-state index contributed by atoms with van der Waals surface area (Å²) in [4.78, 5) is 11.3. The molecule has 1 aromatic carbocycles. The summed E-state index contributed by atoms with van der Waals surface area (Å²) < 4.78 is 26.6. The second-order valence-corrected chi connectivity index (χ2v) is 8.63. The fraction of sp³-hybridized carbons (Fsp3) is 0.524. The lowest BCUT2D eigenvalue weighted by Crippen LogP contribution is -2.43. The van der Waals surface area contributed by atoms with Crippen molar-refractivity contribution in [2.24, 2.45) is 10.9 Å². The largest absolute Gasteiger partial charge is 0.356 e. The number of aromatic nitrogens is 1. The average molecular weight is 422 g/mol. The molecule has 0 aliphatic carbocycles. The zero-order chi connectivity index (χ0) is 20.8. The Hall–Kier alpha value is -2.06. The molecule has 29 heavy (non-hydrogen) atoms. The summed E-state index contributed by atoms with van der Waals surface area (Å²) in [6.45, 7) is 7.85. The Morgan fingerprint density at radius 1 is 1.31 bits per heavy atom. The number of piperidine rings is 1. The molecule has 2 heterocycles. The number of guanidine groups is 1. The molecule has 1 aliphatic rings. The van der Waals surface area contributed by atoms with Crippen LogP contribution < -0.4 is 10.6 Å². The first-order valence-electron chi connectivity index (χ1n) is 10.00. The molecule has 5 nitrogen and oxygen atoms in total. The summed E-state index contributed by atoms with van der Waals surface area (Å²) in [6, 6.07) is 3.78. The summed E-state index contributed by atoms with van der Waals surface area (Å²) >= 11 is 1.70. The van der Waals surface area contributed by atoms with E-state index in [1.165, 1.54) is 11.8 Å². The van der Waals surface area contributed by atoms with Crippen LogP contribution in [0.15, 0.2) is 28.6 Å². The van der Waals surface area contributed by atoms with Crippen LogP contribution in [-0.4, -0.2) is 42.5 Å². The Morgan fingerprint density at radius 2 is 2.07 bits per heavy atom. The monoisotopic (exact) mass is 421 g/mol. The quantitative estimate of drug-likeness (QED) is 0.549. The molecule has 1 atom stereocenters. The van der Waals surface area contributed by atoms with Crippen LogP contribution in [0.4, 0.5) is 8.78 Å². The smallest absolute Gasteiger partial charge is 0.191 e. The zero-order valence-corrected chi connectivity index (χ0v) is 18.0. The molecule has 8 heteroatoms. The fourth-order valence-electron chi connectivity index (χ4n) is 3.56. The zero-order valence-electron chi connectivity index (χ0n) is 17.2. The maximum Gasteiger partial charge on any atom is 0.191 e. The second-order valence-electron chi connectivity index (χ2n) is 7.57. The second kappa shape index (κ2) is 10.1. The van der Waals surface area contributed by atoms with Gasteiger partial charge in [0, 0.05) is 25.5 Å². The molecular weight excluding hydrogens is 392 g/mol. The van der Waals surface area contributed by atoms with Crippen LogP contribution in [0.2, 0.25) is 0 Å². The highest BCUT2D eigenvalue weighted by atomic mass is 32.1. The van der Waals surface area contributed by atoms with E-state index in [0.717, 1.165) is 50.1 Å². The van der Waals surface area contributed by atoms with Crippen LogP contribution in [0.1, 0.15) is 42.1 Å². The molecule has 2 N–H and O–H groups in total. The van der Waals surface area contributed by atoms with Crippen LogP contribution in [0.25, 0.3) is 0 Å². The Kier molecular flexibility index (Phi) is 7.55. The van der Waals surface area contributed by atoms with E-state index in [-0.39, 0.29) is 6.04 Å². The van der Waals surface area contributed by atoms with Gasteiger partial charge in [0.05, 0.1) is 16.7 Å². The van der Waals surface area contributed by atoms with Gasteiger partial charge >= 0.3 is 0 Å². The molecule has 0 bridgehead atoms. The number of aryl methyl sites for hydroxylation is 1.